The Kier molecular flexibility index (Phi) is 11.4. The van der Waals surface area contributed by atoms with Crippen LogP contribution < -0.4 is 0 Å². The third kappa shape index (κ3) is 7.33. The summed E-state index contributed by atoms with van der Waals surface area (Å²) >= 11 is 36.1. The fraction of sp³-hybridized carbons (Fsp3) is 0.111. The van der Waals surface area contributed by atoms with E-state index in [0.29, 0.717) is 8.96 Å². The quantitative estimate of drug-likeness (QED) is 0.262. The molecule has 11 heteroatoms. The van der Waals surface area contributed by atoms with Crippen molar-refractivity contribution in [2.24, 2.45) is 0 Å². The van der Waals surface area contributed by atoms with Gasteiger partial charge in [-0.05, 0) is 140 Å². The summed E-state index contributed by atoms with van der Waals surface area (Å²) in [5, 5.41) is 0. The SMILES string of the molecule is BrC(=C(Br)C(Br)(Br)OC(Br)(Br)C(Br)=C(Br)c1ccccc1Br)c1ccccc1Br. The summed E-state index contributed by atoms with van der Waals surface area (Å²) in [6, 6.07) is 15.7. The van der Waals surface area contributed by atoms with Gasteiger partial charge in [-0.1, -0.05) is 68.3 Å². The molecule has 1 nitrogen and oxygen atoms in total. The van der Waals surface area contributed by atoms with Gasteiger partial charge in [-0.15, -0.1) is 0 Å². The molecule has 0 spiro atoms. The number of hydrogen-bond acceptors (Lipinski definition) is 1. The van der Waals surface area contributed by atoms with Crippen molar-refractivity contribution in [1.82, 2.24) is 0 Å². The summed E-state index contributed by atoms with van der Waals surface area (Å²) < 4.78 is 9.03. The largest absolute Gasteiger partial charge is 0.316 e. The van der Waals surface area contributed by atoms with E-state index >= 15 is 0 Å². The first-order valence-corrected chi connectivity index (χ1v) is 15.4. The molecule has 0 N–H and O–H groups in total. The van der Waals surface area contributed by atoms with Crippen LogP contribution in [0.2, 0.25) is 0 Å². The lowest BCUT2D eigenvalue weighted by Gasteiger charge is -2.31. The second-order valence-electron chi connectivity index (χ2n) is 5.35. The van der Waals surface area contributed by atoms with Crippen LogP contribution in [0, 0.1) is 0 Å². The lowest BCUT2D eigenvalue weighted by atomic mass is 10.2. The lowest BCUT2D eigenvalue weighted by molar-refractivity contribution is 0.119. The zero-order valence-electron chi connectivity index (χ0n) is 13.8. The smallest absolute Gasteiger partial charge is 0.213 e. The highest BCUT2D eigenvalue weighted by Gasteiger charge is 2.42. The van der Waals surface area contributed by atoms with Gasteiger partial charge in [0.05, 0.1) is 8.96 Å². The molecule has 2 aromatic carbocycles. The van der Waals surface area contributed by atoms with Crippen LogP contribution >= 0.6 is 159 Å². The molecule has 0 bridgehead atoms. The van der Waals surface area contributed by atoms with Crippen LogP contribution in [0.25, 0.3) is 8.96 Å². The van der Waals surface area contributed by atoms with Crippen molar-refractivity contribution in [1.29, 1.82) is 0 Å². The summed E-state index contributed by atoms with van der Waals surface area (Å²) in [7, 11) is 0. The minimum atomic E-state index is -1.07. The molecule has 0 radical (unpaired) electrons. The topological polar surface area (TPSA) is 9.23 Å². The van der Waals surface area contributed by atoms with Gasteiger partial charge in [-0.2, -0.15) is 0 Å². The molecule has 0 amide bonds. The van der Waals surface area contributed by atoms with Crippen molar-refractivity contribution in [3.63, 3.8) is 0 Å². The van der Waals surface area contributed by atoms with E-state index < -0.39 is 6.84 Å². The second kappa shape index (κ2) is 11.9. The van der Waals surface area contributed by atoms with Gasteiger partial charge in [0, 0.05) is 29.0 Å². The first-order valence-electron chi connectivity index (χ1n) is 7.45. The molecule has 0 aliphatic rings. The Labute approximate surface area is 253 Å². The summed E-state index contributed by atoms with van der Waals surface area (Å²) in [5.41, 5.74) is 1.93. The predicted octanol–water partition coefficient (Wildman–Crippen LogP) is 11.7. The van der Waals surface area contributed by atoms with E-state index in [0.717, 1.165) is 29.0 Å². The normalized spacial score (nSPS) is 14.4. The number of benzene rings is 2. The Morgan fingerprint density at radius 1 is 0.586 bits per heavy atom. The molecule has 2 aromatic rings. The van der Waals surface area contributed by atoms with Crippen LogP contribution in [-0.2, 0) is 4.74 Å². The number of rotatable bonds is 6. The average Bonchev–Trinajstić information content (AvgIpc) is 2.65. The Balaban J connectivity index is 2.41. The maximum Gasteiger partial charge on any atom is 0.213 e. The Hall–Kier alpha value is 2.68. The number of ether oxygens (including phenoxy) is 1. The molecule has 0 aliphatic carbocycles. The van der Waals surface area contributed by atoms with Gasteiger partial charge in [-0.3, -0.25) is 0 Å². The van der Waals surface area contributed by atoms with E-state index in [1.165, 1.54) is 0 Å². The summed E-state index contributed by atoms with van der Waals surface area (Å²) in [4.78, 5) is 0. The van der Waals surface area contributed by atoms with Crippen LogP contribution in [0.5, 0.6) is 0 Å². The zero-order valence-corrected chi connectivity index (χ0v) is 29.7. The van der Waals surface area contributed by atoms with Crippen LogP contribution in [0.1, 0.15) is 11.1 Å². The van der Waals surface area contributed by atoms with Crippen LogP contribution in [0.3, 0.4) is 0 Å². The van der Waals surface area contributed by atoms with Gasteiger partial charge in [0.15, 0.2) is 0 Å². The first kappa shape index (κ1) is 27.9. The summed E-state index contributed by atoms with van der Waals surface area (Å²) in [6.45, 7) is 0. The molecule has 0 heterocycles. The zero-order chi connectivity index (χ0) is 22.0. The van der Waals surface area contributed by atoms with Gasteiger partial charge < -0.3 is 4.74 Å². The molecule has 0 unspecified atom stereocenters. The fourth-order valence-corrected chi connectivity index (χ4v) is 9.06. The van der Waals surface area contributed by atoms with Crippen molar-refractivity contribution in [3.05, 3.63) is 77.6 Å². The Morgan fingerprint density at radius 2 is 0.897 bits per heavy atom. The molecule has 0 saturated carbocycles. The van der Waals surface area contributed by atoms with E-state index in [1.54, 1.807) is 0 Å². The van der Waals surface area contributed by atoms with Crippen molar-refractivity contribution in [2.75, 3.05) is 0 Å². The maximum atomic E-state index is 6.28. The van der Waals surface area contributed by atoms with E-state index in [1.807, 2.05) is 48.5 Å². The third-order valence-corrected chi connectivity index (χ3v) is 13.7. The number of hydrogen-bond donors (Lipinski definition) is 0. The lowest BCUT2D eigenvalue weighted by Crippen LogP contribution is -2.29. The fourth-order valence-electron chi connectivity index (χ4n) is 2.02. The molecule has 0 fully saturated rings. The van der Waals surface area contributed by atoms with Crippen molar-refractivity contribution in [3.8, 4) is 0 Å². The van der Waals surface area contributed by atoms with Gasteiger partial charge >= 0.3 is 0 Å². The molecule has 0 aromatic heterocycles. The van der Waals surface area contributed by atoms with Crippen LogP contribution in [-0.4, -0.2) is 6.84 Å². The number of alkyl halides is 4. The van der Waals surface area contributed by atoms with Crippen molar-refractivity contribution in [2.45, 2.75) is 6.84 Å². The highest BCUT2D eigenvalue weighted by molar-refractivity contribution is 9.27. The van der Waals surface area contributed by atoms with Gasteiger partial charge in [0.1, 0.15) is 0 Å². The van der Waals surface area contributed by atoms with E-state index in [2.05, 4.69) is 159 Å². The van der Waals surface area contributed by atoms with E-state index in [-0.39, 0.29) is 0 Å². The minimum absolute atomic E-state index is 0.692. The average molecular weight is 1040 g/mol. The molecule has 29 heavy (non-hydrogen) atoms. The second-order valence-corrected chi connectivity index (χ2v) is 16.8. The maximum absolute atomic E-state index is 6.28. The predicted molar refractivity (Wildman–Crippen MR) is 160 cm³/mol. The summed E-state index contributed by atoms with van der Waals surface area (Å²) in [5.74, 6) is 0. The van der Waals surface area contributed by atoms with Gasteiger partial charge in [0.2, 0.25) is 6.84 Å². The molecule has 0 saturated heterocycles. The van der Waals surface area contributed by atoms with Crippen LogP contribution in [0.4, 0.5) is 0 Å². The van der Waals surface area contributed by atoms with Crippen molar-refractivity contribution >= 4 is 168 Å². The standard InChI is InChI=1S/C18H8Br10O/c19-11-7-3-1-5-9(11)13(21)15(23)17(25,26)29-18(27,28)16(24)14(22)10-6-2-4-8-12(10)20/h1-8H. The Bertz CT molecular complexity index is 887. The molecular formula is C18H8Br10O. The van der Waals surface area contributed by atoms with Crippen molar-refractivity contribution < 1.29 is 4.74 Å². The highest BCUT2D eigenvalue weighted by atomic mass is 79.9. The van der Waals surface area contributed by atoms with Gasteiger partial charge in [0.25, 0.3) is 0 Å². The van der Waals surface area contributed by atoms with Gasteiger partial charge in [-0.25, -0.2) is 0 Å². The van der Waals surface area contributed by atoms with E-state index in [9.17, 15) is 0 Å². The Morgan fingerprint density at radius 3 is 1.21 bits per heavy atom. The monoisotopic (exact) mass is 1030 g/mol. The highest BCUT2D eigenvalue weighted by Crippen LogP contribution is 2.54. The summed E-state index contributed by atoms with van der Waals surface area (Å²) in [6.07, 6.45) is 0. The molecular weight excluding hydrogens is 1030 g/mol. The molecule has 156 valence electrons. The molecule has 0 atom stereocenters. The minimum Gasteiger partial charge on any atom is -0.316 e. The third-order valence-electron chi connectivity index (χ3n) is 3.37. The molecule has 0 aliphatic heterocycles. The van der Waals surface area contributed by atoms with Crippen LogP contribution in [0.15, 0.2) is 66.4 Å². The first-order chi connectivity index (χ1) is 13.4. The van der Waals surface area contributed by atoms with E-state index in [4.69, 9.17) is 4.74 Å². The number of halogens is 10. The molecule has 2 rings (SSSR count).